The number of aryl methyl sites for hydroxylation is 2. The van der Waals surface area contributed by atoms with Crippen LogP contribution in [0.3, 0.4) is 0 Å². The molecule has 1 nitrogen and oxygen atoms in total. The molecule has 1 atom stereocenters. The highest BCUT2D eigenvalue weighted by atomic mass is 32.2. The number of hydrogen-bond donors (Lipinski definition) is 1. The Hall–Kier alpha value is -1.25. The summed E-state index contributed by atoms with van der Waals surface area (Å²) in [7, 11) is 0. The summed E-state index contributed by atoms with van der Waals surface area (Å²) in [6.07, 6.45) is 4.76. The summed E-state index contributed by atoms with van der Waals surface area (Å²) < 4.78 is 0. The Morgan fingerprint density at radius 1 is 1.10 bits per heavy atom. The Kier molecular flexibility index (Phi) is 4.13. The smallest absolute Gasteiger partial charge is 0.0303 e. The second-order valence-electron chi connectivity index (χ2n) is 5.44. The molecule has 0 heterocycles. The van der Waals surface area contributed by atoms with Gasteiger partial charge in [-0.15, -0.1) is 0 Å². The van der Waals surface area contributed by atoms with Gasteiger partial charge < -0.3 is 5.73 Å². The van der Waals surface area contributed by atoms with Gasteiger partial charge in [-0.3, -0.25) is 0 Å². The molecule has 0 aromatic heterocycles. The molecule has 0 spiro atoms. The molecule has 2 N–H and O–H groups in total. The molecule has 1 aliphatic carbocycles. The van der Waals surface area contributed by atoms with Crippen LogP contribution >= 0.6 is 11.8 Å². The van der Waals surface area contributed by atoms with E-state index in [-0.39, 0.29) is 6.04 Å². The Balaban J connectivity index is 1.88. The van der Waals surface area contributed by atoms with Crippen LogP contribution in [0.15, 0.2) is 52.3 Å². The molecule has 0 radical (unpaired) electrons. The van der Waals surface area contributed by atoms with Crippen LogP contribution in [0.2, 0.25) is 0 Å². The molecule has 104 valence electrons. The third-order valence-corrected chi connectivity index (χ3v) is 5.14. The van der Waals surface area contributed by atoms with Crippen LogP contribution in [-0.4, -0.2) is 0 Å². The third-order valence-electron chi connectivity index (χ3n) is 4.06. The van der Waals surface area contributed by atoms with E-state index in [0.29, 0.717) is 0 Å². The van der Waals surface area contributed by atoms with Crippen molar-refractivity contribution < 1.29 is 0 Å². The molecule has 0 bridgehead atoms. The molecular formula is C18H21NS. The number of fused-ring (bicyclic) bond motifs is 1. The lowest BCUT2D eigenvalue weighted by Gasteiger charge is -2.14. The fourth-order valence-corrected chi connectivity index (χ4v) is 3.91. The van der Waals surface area contributed by atoms with E-state index in [1.54, 1.807) is 0 Å². The van der Waals surface area contributed by atoms with Crippen LogP contribution in [0.25, 0.3) is 0 Å². The average Bonchev–Trinajstić information content (AvgIpc) is 2.94. The predicted molar refractivity (Wildman–Crippen MR) is 86.3 cm³/mol. The van der Waals surface area contributed by atoms with Crippen molar-refractivity contribution in [3.8, 4) is 0 Å². The highest BCUT2D eigenvalue weighted by Crippen LogP contribution is 2.35. The van der Waals surface area contributed by atoms with Gasteiger partial charge in [0.2, 0.25) is 0 Å². The van der Waals surface area contributed by atoms with Gasteiger partial charge in [-0.2, -0.15) is 0 Å². The lowest BCUT2D eigenvalue weighted by atomic mass is 10.1. The molecular weight excluding hydrogens is 262 g/mol. The summed E-state index contributed by atoms with van der Waals surface area (Å²) in [6, 6.07) is 15.6. The lowest BCUT2D eigenvalue weighted by Crippen LogP contribution is -2.09. The van der Waals surface area contributed by atoms with E-state index in [1.807, 2.05) is 11.8 Å². The second-order valence-corrected chi connectivity index (χ2v) is 6.55. The number of hydrogen-bond acceptors (Lipinski definition) is 2. The number of nitrogens with two attached hydrogens (primary N) is 1. The number of rotatable bonds is 4. The first-order valence-electron chi connectivity index (χ1n) is 7.42. The zero-order chi connectivity index (χ0) is 13.9. The van der Waals surface area contributed by atoms with Crippen LogP contribution in [0.4, 0.5) is 0 Å². The van der Waals surface area contributed by atoms with Gasteiger partial charge in [0.05, 0.1) is 0 Å². The summed E-state index contributed by atoms with van der Waals surface area (Å²) in [5.41, 5.74) is 10.6. The fourth-order valence-electron chi connectivity index (χ4n) is 2.84. The molecule has 0 saturated carbocycles. The molecule has 1 aliphatic rings. The summed E-state index contributed by atoms with van der Waals surface area (Å²) >= 11 is 1.84. The van der Waals surface area contributed by atoms with E-state index in [1.165, 1.54) is 45.7 Å². The van der Waals surface area contributed by atoms with Gasteiger partial charge in [0, 0.05) is 15.8 Å². The monoisotopic (exact) mass is 283 g/mol. The van der Waals surface area contributed by atoms with Gasteiger partial charge in [0.1, 0.15) is 0 Å². The van der Waals surface area contributed by atoms with Crippen LogP contribution in [0, 0.1) is 0 Å². The maximum Gasteiger partial charge on any atom is 0.0303 e. The van der Waals surface area contributed by atoms with Gasteiger partial charge in [-0.1, -0.05) is 43.0 Å². The minimum absolute atomic E-state index is 0.133. The third kappa shape index (κ3) is 2.77. The van der Waals surface area contributed by atoms with Crippen molar-refractivity contribution in [3.63, 3.8) is 0 Å². The fraction of sp³-hybridized carbons (Fsp3) is 0.333. The van der Waals surface area contributed by atoms with Crippen molar-refractivity contribution in [1.29, 1.82) is 0 Å². The van der Waals surface area contributed by atoms with Gasteiger partial charge in [0.15, 0.2) is 0 Å². The Morgan fingerprint density at radius 3 is 2.75 bits per heavy atom. The largest absolute Gasteiger partial charge is 0.324 e. The summed E-state index contributed by atoms with van der Waals surface area (Å²) in [4.78, 5) is 2.63. The molecule has 3 rings (SSSR count). The first kappa shape index (κ1) is 13.7. The van der Waals surface area contributed by atoms with Crippen LogP contribution in [0.1, 0.15) is 42.5 Å². The topological polar surface area (TPSA) is 26.0 Å². The van der Waals surface area contributed by atoms with Gasteiger partial charge in [-0.05, 0) is 60.6 Å². The highest BCUT2D eigenvalue weighted by Gasteiger charge is 2.13. The summed E-state index contributed by atoms with van der Waals surface area (Å²) in [5, 5.41) is 0. The molecule has 2 heteroatoms. The minimum atomic E-state index is 0.133. The van der Waals surface area contributed by atoms with Crippen molar-refractivity contribution in [2.75, 3.05) is 0 Å². The Bertz CT molecular complexity index is 606. The molecule has 0 amide bonds. The Morgan fingerprint density at radius 2 is 1.90 bits per heavy atom. The predicted octanol–water partition coefficient (Wildman–Crippen LogP) is 4.74. The molecule has 0 unspecified atom stereocenters. The maximum atomic E-state index is 6.23. The van der Waals surface area contributed by atoms with Crippen molar-refractivity contribution in [2.24, 2.45) is 5.73 Å². The quantitative estimate of drug-likeness (QED) is 0.877. The van der Waals surface area contributed by atoms with E-state index in [9.17, 15) is 0 Å². The molecule has 0 fully saturated rings. The van der Waals surface area contributed by atoms with Crippen LogP contribution < -0.4 is 5.73 Å². The summed E-state index contributed by atoms with van der Waals surface area (Å²) in [5.74, 6) is 0. The second kappa shape index (κ2) is 6.02. The Labute approximate surface area is 125 Å². The zero-order valence-corrected chi connectivity index (χ0v) is 12.7. The first-order valence-corrected chi connectivity index (χ1v) is 8.23. The van der Waals surface area contributed by atoms with Gasteiger partial charge >= 0.3 is 0 Å². The molecule has 20 heavy (non-hydrogen) atoms. The lowest BCUT2D eigenvalue weighted by molar-refractivity contribution is 0.685. The van der Waals surface area contributed by atoms with Crippen LogP contribution in [-0.2, 0) is 12.8 Å². The van der Waals surface area contributed by atoms with Gasteiger partial charge in [-0.25, -0.2) is 0 Å². The van der Waals surface area contributed by atoms with Crippen molar-refractivity contribution in [3.05, 3.63) is 59.2 Å². The van der Waals surface area contributed by atoms with E-state index in [4.69, 9.17) is 5.73 Å². The maximum absolute atomic E-state index is 6.23. The van der Waals surface area contributed by atoms with E-state index >= 15 is 0 Å². The minimum Gasteiger partial charge on any atom is -0.324 e. The van der Waals surface area contributed by atoms with Gasteiger partial charge in [0.25, 0.3) is 0 Å². The molecule has 0 saturated heterocycles. The van der Waals surface area contributed by atoms with E-state index in [2.05, 4.69) is 49.4 Å². The molecule has 0 aliphatic heterocycles. The van der Waals surface area contributed by atoms with Crippen molar-refractivity contribution in [2.45, 2.75) is 48.4 Å². The SMILES string of the molecule is CC[C@@H](N)c1ccccc1Sc1ccc2c(c1)CCC2. The number of benzene rings is 2. The van der Waals surface area contributed by atoms with Crippen molar-refractivity contribution in [1.82, 2.24) is 0 Å². The van der Waals surface area contributed by atoms with Crippen molar-refractivity contribution >= 4 is 11.8 Å². The molecule has 2 aromatic rings. The first-order chi connectivity index (χ1) is 9.78. The normalized spacial score (nSPS) is 15.1. The average molecular weight is 283 g/mol. The standard InChI is InChI=1S/C18H21NS/c1-2-17(19)16-8-3-4-9-18(16)20-15-11-10-13-6-5-7-14(13)12-15/h3-4,8-12,17H,2,5-7,19H2,1H3/t17-/m1/s1. The van der Waals surface area contributed by atoms with E-state index < -0.39 is 0 Å². The highest BCUT2D eigenvalue weighted by molar-refractivity contribution is 7.99. The van der Waals surface area contributed by atoms with E-state index in [0.717, 1.165) is 6.42 Å². The molecule has 2 aromatic carbocycles. The summed E-state index contributed by atoms with van der Waals surface area (Å²) in [6.45, 7) is 2.14. The van der Waals surface area contributed by atoms with Crippen LogP contribution in [0.5, 0.6) is 0 Å². The zero-order valence-electron chi connectivity index (χ0n) is 11.9.